The smallest absolute Gasteiger partial charge is 0.0503 e. The lowest BCUT2D eigenvalue weighted by molar-refractivity contribution is 0.591. The molecule has 5 aromatic rings. The molecule has 124 valence electrons. The van der Waals surface area contributed by atoms with Crippen molar-refractivity contribution < 1.29 is 0 Å². The van der Waals surface area contributed by atoms with Gasteiger partial charge in [-0.15, -0.1) is 11.3 Å². The van der Waals surface area contributed by atoms with Gasteiger partial charge in [-0.3, -0.25) is 0 Å². The molecule has 0 aliphatic carbocycles. The number of aromatic nitrogens is 1. The highest BCUT2D eigenvalue weighted by atomic mass is 32.1. The van der Waals surface area contributed by atoms with Gasteiger partial charge in [-0.1, -0.05) is 51.1 Å². The van der Waals surface area contributed by atoms with E-state index in [1.807, 2.05) is 11.3 Å². The molecule has 2 heteroatoms. The van der Waals surface area contributed by atoms with Gasteiger partial charge >= 0.3 is 0 Å². The van der Waals surface area contributed by atoms with Crippen LogP contribution in [0.2, 0.25) is 0 Å². The summed E-state index contributed by atoms with van der Waals surface area (Å²) in [6.07, 6.45) is 0. The fourth-order valence-electron chi connectivity index (χ4n) is 3.90. The molecule has 0 aliphatic heterocycles. The molecule has 0 unspecified atom stereocenters. The summed E-state index contributed by atoms with van der Waals surface area (Å²) in [6, 6.07) is 20.4. The topological polar surface area (TPSA) is 4.93 Å². The van der Waals surface area contributed by atoms with Gasteiger partial charge in [-0.2, -0.15) is 0 Å². The van der Waals surface area contributed by atoms with Gasteiger partial charge < -0.3 is 4.57 Å². The zero-order chi connectivity index (χ0) is 17.3. The Bertz CT molecular complexity index is 1280. The van der Waals surface area contributed by atoms with Crippen molar-refractivity contribution in [2.75, 3.05) is 0 Å². The van der Waals surface area contributed by atoms with Crippen LogP contribution >= 0.6 is 11.3 Å². The maximum Gasteiger partial charge on any atom is 0.0503 e. The molecule has 0 radical (unpaired) electrons. The molecule has 0 amide bonds. The average Bonchev–Trinajstić information content (AvgIpc) is 3.08. The van der Waals surface area contributed by atoms with Crippen molar-refractivity contribution in [3.05, 3.63) is 60.2 Å². The van der Waals surface area contributed by atoms with Crippen LogP contribution in [0.4, 0.5) is 0 Å². The Balaban J connectivity index is 1.90. The first-order chi connectivity index (χ1) is 11.9. The molecular formula is C23H21NS. The summed E-state index contributed by atoms with van der Waals surface area (Å²) in [7, 11) is 2.17. The first-order valence-corrected chi connectivity index (χ1v) is 9.59. The van der Waals surface area contributed by atoms with Crippen LogP contribution in [0.3, 0.4) is 0 Å². The van der Waals surface area contributed by atoms with Crippen molar-refractivity contribution in [3.8, 4) is 0 Å². The Labute approximate surface area is 151 Å². The number of para-hydroxylation sites is 1. The predicted octanol–water partition coefficient (Wildman–Crippen LogP) is 7.00. The van der Waals surface area contributed by atoms with Crippen molar-refractivity contribution in [1.29, 1.82) is 0 Å². The van der Waals surface area contributed by atoms with E-state index in [1.165, 1.54) is 47.5 Å². The zero-order valence-electron chi connectivity index (χ0n) is 15.1. The van der Waals surface area contributed by atoms with Crippen LogP contribution < -0.4 is 0 Å². The Morgan fingerprint density at radius 1 is 0.720 bits per heavy atom. The van der Waals surface area contributed by atoms with Gasteiger partial charge in [-0.25, -0.2) is 0 Å². The second-order valence-electron chi connectivity index (χ2n) is 8.00. The molecule has 2 heterocycles. The Hall–Kier alpha value is -2.32. The summed E-state index contributed by atoms with van der Waals surface area (Å²) >= 11 is 1.91. The second-order valence-corrected chi connectivity index (χ2v) is 9.09. The number of aryl methyl sites for hydroxylation is 1. The van der Waals surface area contributed by atoms with Crippen molar-refractivity contribution in [1.82, 2.24) is 4.57 Å². The van der Waals surface area contributed by atoms with Gasteiger partial charge in [0.15, 0.2) is 0 Å². The summed E-state index contributed by atoms with van der Waals surface area (Å²) in [4.78, 5) is 0. The van der Waals surface area contributed by atoms with Crippen LogP contribution in [0, 0.1) is 0 Å². The largest absolute Gasteiger partial charge is 0.344 e. The van der Waals surface area contributed by atoms with Crippen LogP contribution in [0.1, 0.15) is 26.3 Å². The number of nitrogens with zero attached hydrogens (tertiary/aromatic N) is 1. The molecule has 0 fully saturated rings. The van der Waals surface area contributed by atoms with Gasteiger partial charge in [0.05, 0.1) is 5.52 Å². The molecule has 0 saturated heterocycles. The third-order valence-corrected chi connectivity index (χ3v) is 6.49. The van der Waals surface area contributed by atoms with Gasteiger partial charge in [0.25, 0.3) is 0 Å². The van der Waals surface area contributed by atoms with Crippen molar-refractivity contribution >= 4 is 53.3 Å². The minimum atomic E-state index is 0.186. The highest BCUT2D eigenvalue weighted by molar-refractivity contribution is 7.25. The Kier molecular flexibility index (Phi) is 2.91. The van der Waals surface area contributed by atoms with Gasteiger partial charge in [0.2, 0.25) is 0 Å². The standard InChI is InChI=1S/C23H21NS/c1-23(2,3)14-9-10-16-18-12-17-15-7-5-6-8-19(15)24(4)20(17)13-22(18)25-21(16)11-14/h5-13H,1-4H3. The van der Waals surface area contributed by atoms with Crippen LogP contribution in [0.5, 0.6) is 0 Å². The highest BCUT2D eigenvalue weighted by Crippen LogP contribution is 2.40. The minimum absolute atomic E-state index is 0.186. The second kappa shape index (κ2) is 4.86. The summed E-state index contributed by atoms with van der Waals surface area (Å²) in [5, 5.41) is 5.45. The number of thiophene rings is 1. The first kappa shape index (κ1) is 15.0. The van der Waals surface area contributed by atoms with E-state index in [9.17, 15) is 0 Å². The Morgan fingerprint density at radius 3 is 2.28 bits per heavy atom. The SMILES string of the molecule is Cn1c2ccccc2c2cc3c(cc21)sc1cc(C(C)(C)C)ccc13. The summed E-state index contributed by atoms with van der Waals surface area (Å²) in [5.41, 5.74) is 4.21. The van der Waals surface area contributed by atoms with Crippen LogP contribution in [-0.4, -0.2) is 4.57 Å². The number of rotatable bonds is 0. The average molecular weight is 343 g/mol. The van der Waals surface area contributed by atoms with E-state index < -0.39 is 0 Å². The molecule has 25 heavy (non-hydrogen) atoms. The molecule has 0 atom stereocenters. The lowest BCUT2D eigenvalue weighted by Crippen LogP contribution is -2.10. The molecule has 5 rings (SSSR count). The van der Waals surface area contributed by atoms with E-state index in [0.717, 1.165) is 0 Å². The van der Waals surface area contributed by atoms with E-state index in [0.29, 0.717) is 0 Å². The van der Waals surface area contributed by atoms with Crippen LogP contribution in [-0.2, 0) is 12.5 Å². The molecule has 0 aliphatic rings. The van der Waals surface area contributed by atoms with Crippen LogP contribution in [0.15, 0.2) is 54.6 Å². The van der Waals surface area contributed by atoms with E-state index in [4.69, 9.17) is 0 Å². The molecule has 2 aromatic heterocycles. The lowest BCUT2D eigenvalue weighted by Gasteiger charge is -2.18. The number of hydrogen-bond donors (Lipinski definition) is 0. The molecule has 0 bridgehead atoms. The number of hydrogen-bond acceptors (Lipinski definition) is 1. The van der Waals surface area contributed by atoms with Crippen molar-refractivity contribution in [3.63, 3.8) is 0 Å². The van der Waals surface area contributed by atoms with Gasteiger partial charge in [-0.05, 0) is 35.2 Å². The van der Waals surface area contributed by atoms with E-state index in [-0.39, 0.29) is 5.41 Å². The molecule has 0 spiro atoms. The third kappa shape index (κ3) is 2.07. The van der Waals surface area contributed by atoms with E-state index >= 15 is 0 Å². The zero-order valence-corrected chi connectivity index (χ0v) is 15.9. The molecular weight excluding hydrogens is 322 g/mol. The molecule has 0 saturated carbocycles. The number of benzene rings is 3. The van der Waals surface area contributed by atoms with Crippen LogP contribution in [0.25, 0.3) is 42.0 Å². The van der Waals surface area contributed by atoms with Gasteiger partial charge in [0, 0.05) is 43.5 Å². The fraction of sp³-hybridized carbons (Fsp3) is 0.217. The van der Waals surface area contributed by atoms with Crippen molar-refractivity contribution in [2.24, 2.45) is 7.05 Å². The Morgan fingerprint density at radius 2 is 1.48 bits per heavy atom. The minimum Gasteiger partial charge on any atom is -0.344 e. The third-order valence-electron chi connectivity index (χ3n) is 5.37. The summed E-state index contributed by atoms with van der Waals surface area (Å²) in [5.74, 6) is 0. The normalized spacial score (nSPS) is 12.8. The molecule has 3 aromatic carbocycles. The predicted molar refractivity (Wildman–Crippen MR) is 112 cm³/mol. The number of fused-ring (bicyclic) bond motifs is 6. The molecule has 0 N–H and O–H groups in total. The molecule has 1 nitrogen and oxygen atoms in total. The summed E-state index contributed by atoms with van der Waals surface area (Å²) < 4.78 is 5.08. The van der Waals surface area contributed by atoms with E-state index in [2.05, 4.69) is 87.0 Å². The quantitative estimate of drug-likeness (QED) is 0.285. The van der Waals surface area contributed by atoms with Gasteiger partial charge in [0.1, 0.15) is 0 Å². The summed E-state index contributed by atoms with van der Waals surface area (Å²) in [6.45, 7) is 6.84. The van der Waals surface area contributed by atoms with Crippen molar-refractivity contribution in [2.45, 2.75) is 26.2 Å². The lowest BCUT2D eigenvalue weighted by atomic mass is 9.87. The fourth-order valence-corrected chi connectivity index (χ4v) is 5.06. The van der Waals surface area contributed by atoms with E-state index in [1.54, 1.807) is 0 Å². The maximum absolute atomic E-state index is 2.39. The monoisotopic (exact) mass is 343 g/mol. The first-order valence-electron chi connectivity index (χ1n) is 8.77. The highest BCUT2D eigenvalue weighted by Gasteiger charge is 2.16. The maximum atomic E-state index is 2.39.